The number of piperidine rings is 1. The second kappa shape index (κ2) is 6.98. The average Bonchev–Trinajstić information content (AvgIpc) is 3.11. The molecule has 1 aliphatic heterocycles. The molecule has 4 rings (SSSR count). The van der Waals surface area contributed by atoms with Crippen LogP contribution in [0.3, 0.4) is 0 Å². The standard InChI is InChI=1S/C21H28N4O2/c1-14-22-19(27-24-14)15-9-12-25(13-10-15)20(26)23-18-8-11-21(2,3)17-7-5-4-6-16(17)18/h4-7,15,18H,8-13H2,1-3H3,(H,23,26). The van der Waals surface area contributed by atoms with Crippen LogP contribution in [0, 0.1) is 6.92 Å². The van der Waals surface area contributed by atoms with E-state index in [2.05, 4.69) is 53.6 Å². The predicted molar refractivity (Wildman–Crippen MR) is 103 cm³/mol. The van der Waals surface area contributed by atoms with E-state index >= 15 is 0 Å². The van der Waals surface area contributed by atoms with Crippen LogP contribution in [0.4, 0.5) is 4.79 Å². The monoisotopic (exact) mass is 368 g/mol. The molecule has 2 aromatic rings. The van der Waals surface area contributed by atoms with Gasteiger partial charge < -0.3 is 14.7 Å². The van der Waals surface area contributed by atoms with E-state index in [9.17, 15) is 4.79 Å². The van der Waals surface area contributed by atoms with Crippen LogP contribution in [0.15, 0.2) is 28.8 Å². The lowest BCUT2D eigenvalue weighted by Crippen LogP contribution is -2.46. The summed E-state index contributed by atoms with van der Waals surface area (Å²) in [4.78, 5) is 19.1. The fourth-order valence-electron chi connectivity index (χ4n) is 4.41. The van der Waals surface area contributed by atoms with Gasteiger partial charge in [-0.05, 0) is 49.1 Å². The highest BCUT2D eigenvalue weighted by atomic mass is 16.5. The Morgan fingerprint density at radius 1 is 1.22 bits per heavy atom. The molecule has 0 saturated carbocycles. The maximum absolute atomic E-state index is 12.8. The van der Waals surface area contributed by atoms with Crippen molar-refractivity contribution in [3.8, 4) is 0 Å². The van der Waals surface area contributed by atoms with Crippen LogP contribution in [-0.2, 0) is 5.41 Å². The van der Waals surface area contributed by atoms with Crippen LogP contribution in [0.5, 0.6) is 0 Å². The molecule has 2 aliphatic rings. The van der Waals surface area contributed by atoms with E-state index < -0.39 is 0 Å². The molecule has 1 unspecified atom stereocenters. The number of aromatic nitrogens is 2. The van der Waals surface area contributed by atoms with E-state index in [1.54, 1.807) is 0 Å². The Labute approximate surface area is 160 Å². The molecular formula is C21H28N4O2. The van der Waals surface area contributed by atoms with E-state index in [0.717, 1.165) is 38.8 Å². The zero-order chi connectivity index (χ0) is 19.0. The number of fused-ring (bicyclic) bond motifs is 1. The Morgan fingerprint density at radius 3 is 2.67 bits per heavy atom. The van der Waals surface area contributed by atoms with Gasteiger partial charge in [-0.1, -0.05) is 43.3 Å². The van der Waals surface area contributed by atoms with Crippen LogP contribution in [-0.4, -0.2) is 34.2 Å². The molecule has 6 nitrogen and oxygen atoms in total. The topological polar surface area (TPSA) is 71.3 Å². The van der Waals surface area contributed by atoms with Crippen molar-refractivity contribution in [1.29, 1.82) is 0 Å². The second-order valence-corrected chi connectivity index (χ2v) is 8.45. The molecule has 1 aromatic heterocycles. The minimum atomic E-state index is 0.0367. The van der Waals surface area contributed by atoms with Gasteiger partial charge >= 0.3 is 6.03 Å². The van der Waals surface area contributed by atoms with Crippen LogP contribution >= 0.6 is 0 Å². The molecule has 1 atom stereocenters. The number of amides is 2. The molecule has 0 bridgehead atoms. The molecule has 6 heteroatoms. The summed E-state index contributed by atoms with van der Waals surface area (Å²) in [5.74, 6) is 1.63. The molecule has 0 spiro atoms. The number of nitrogens with zero attached hydrogens (tertiary/aromatic N) is 3. The van der Waals surface area contributed by atoms with Gasteiger partial charge in [0.1, 0.15) is 0 Å². The van der Waals surface area contributed by atoms with E-state index in [1.807, 2.05) is 11.8 Å². The number of carbonyl (C=O) groups is 1. The third-order valence-corrected chi connectivity index (χ3v) is 6.10. The number of rotatable bonds is 2. The van der Waals surface area contributed by atoms with E-state index in [0.29, 0.717) is 11.7 Å². The lowest BCUT2D eigenvalue weighted by atomic mass is 9.71. The van der Waals surface area contributed by atoms with Crippen molar-refractivity contribution in [3.05, 3.63) is 47.1 Å². The van der Waals surface area contributed by atoms with Gasteiger partial charge in [0.2, 0.25) is 5.89 Å². The van der Waals surface area contributed by atoms with Gasteiger partial charge in [0.15, 0.2) is 5.82 Å². The van der Waals surface area contributed by atoms with Gasteiger partial charge in [0.05, 0.1) is 6.04 Å². The van der Waals surface area contributed by atoms with Crippen molar-refractivity contribution in [1.82, 2.24) is 20.4 Å². The molecule has 1 saturated heterocycles. The molecular weight excluding hydrogens is 340 g/mol. The summed E-state index contributed by atoms with van der Waals surface area (Å²) in [6.45, 7) is 7.84. The zero-order valence-electron chi connectivity index (χ0n) is 16.4. The van der Waals surface area contributed by atoms with Gasteiger partial charge in [0.25, 0.3) is 0 Å². The SMILES string of the molecule is Cc1noc(C2CCN(C(=O)NC3CCC(C)(C)c4ccccc43)CC2)n1. The second-order valence-electron chi connectivity index (χ2n) is 8.45. The molecule has 0 radical (unpaired) electrons. The number of hydrogen-bond acceptors (Lipinski definition) is 4. The highest BCUT2D eigenvalue weighted by Crippen LogP contribution is 2.41. The van der Waals surface area contributed by atoms with Gasteiger partial charge in [-0.2, -0.15) is 4.98 Å². The van der Waals surface area contributed by atoms with E-state index in [-0.39, 0.29) is 23.4 Å². The summed E-state index contributed by atoms with van der Waals surface area (Å²) in [5, 5.41) is 7.15. The molecule has 144 valence electrons. The Hall–Kier alpha value is -2.37. The van der Waals surface area contributed by atoms with E-state index in [1.165, 1.54) is 11.1 Å². The largest absolute Gasteiger partial charge is 0.339 e. The van der Waals surface area contributed by atoms with Crippen LogP contribution in [0.1, 0.15) is 74.3 Å². The first kappa shape index (κ1) is 18.0. The number of hydrogen-bond donors (Lipinski definition) is 1. The highest BCUT2D eigenvalue weighted by molar-refractivity contribution is 5.75. The first-order chi connectivity index (χ1) is 12.9. The van der Waals surface area contributed by atoms with Gasteiger partial charge in [-0.25, -0.2) is 4.79 Å². The Bertz CT molecular complexity index is 821. The van der Waals surface area contributed by atoms with Crippen molar-refractivity contribution in [2.45, 2.75) is 63.8 Å². The zero-order valence-corrected chi connectivity index (χ0v) is 16.4. The first-order valence-electron chi connectivity index (χ1n) is 9.89. The number of carbonyl (C=O) groups excluding carboxylic acids is 1. The van der Waals surface area contributed by atoms with Crippen molar-refractivity contribution < 1.29 is 9.32 Å². The molecule has 1 aliphatic carbocycles. The van der Waals surface area contributed by atoms with Gasteiger partial charge in [-0.3, -0.25) is 0 Å². The van der Waals surface area contributed by atoms with Crippen molar-refractivity contribution in [3.63, 3.8) is 0 Å². The summed E-state index contributed by atoms with van der Waals surface area (Å²) < 4.78 is 5.30. The van der Waals surface area contributed by atoms with Crippen LogP contribution in [0.2, 0.25) is 0 Å². The Kier molecular flexibility index (Phi) is 4.66. The molecule has 27 heavy (non-hydrogen) atoms. The number of aryl methyl sites for hydroxylation is 1. The van der Waals surface area contributed by atoms with Crippen molar-refractivity contribution in [2.24, 2.45) is 0 Å². The fraction of sp³-hybridized carbons (Fsp3) is 0.571. The maximum Gasteiger partial charge on any atom is 0.317 e. The Balaban J connectivity index is 1.39. The number of urea groups is 1. The average molecular weight is 368 g/mol. The van der Waals surface area contributed by atoms with Gasteiger partial charge in [-0.15, -0.1) is 0 Å². The maximum atomic E-state index is 12.8. The third kappa shape index (κ3) is 3.57. The summed E-state index contributed by atoms with van der Waals surface area (Å²) in [7, 11) is 0. The predicted octanol–water partition coefficient (Wildman–Crippen LogP) is 4.08. The lowest BCUT2D eigenvalue weighted by molar-refractivity contribution is 0.169. The number of likely N-dealkylation sites (tertiary alicyclic amines) is 1. The number of nitrogens with one attached hydrogen (secondary N) is 1. The van der Waals surface area contributed by atoms with Gasteiger partial charge in [0, 0.05) is 19.0 Å². The van der Waals surface area contributed by atoms with Crippen LogP contribution in [0.25, 0.3) is 0 Å². The van der Waals surface area contributed by atoms with Crippen molar-refractivity contribution >= 4 is 6.03 Å². The normalized spacial score (nSPS) is 22.3. The molecule has 1 fully saturated rings. The summed E-state index contributed by atoms with van der Waals surface area (Å²) in [6.07, 6.45) is 3.79. The third-order valence-electron chi connectivity index (χ3n) is 6.10. The number of benzene rings is 1. The van der Waals surface area contributed by atoms with Crippen molar-refractivity contribution in [2.75, 3.05) is 13.1 Å². The summed E-state index contributed by atoms with van der Waals surface area (Å²) >= 11 is 0. The molecule has 2 heterocycles. The van der Waals surface area contributed by atoms with E-state index in [4.69, 9.17) is 4.52 Å². The minimum Gasteiger partial charge on any atom is -0.339 e. The molecule has 1 N–H and O–H groups in total. The highest BCUT2D eigenvalue weighted by Gasteiger charge is 2.34. The summed E-state index contributed by atoms with van der Waals surface area (Å²) in [6, 6.07) is 8.65. The minimum absolute atomic E-state index is 0.0367. The molecule has 2 amide bonds. The smallest absolute Gasteiger partial charge is 0.317 e. The molecule has 1 aromatic carbocycles. The van der Waals surface area contributed by atoms with Crippen LogP contribution < -0.4 is 5.32 Å². The first-order valence-corrected chi connectivity index (χ1v) is 9.89. The quantitative estimate of drug-likeness (QED) is 0.867. The Morgan fingerprint density at radius 2 is 1.96 bits per heavy atom. The summed E-state index contributed by atoms with van der Waals surface area (Å²) in [5.41, 5.74) is 2.78. The fourth-order valence-corrected chi connectivity index (χ4v) is 4.41. The lowest BCUT2D eigenvalue weighted by Gasteiger charge is -2.38.